The van der Waals surface area contributed by atoms with Crippen molar-refractivity contribution in [2.45, 2.75) is 12.8 Å². The highest BCUT2D eigenvalue weighted by molar-refractivity contribution is 5.89. The number of hydrogen-bond donors (Lipinski definition) is 4. The lowest BCUT2D eigenvalue weighted by atomic mass is 9.95. The van der Waals surface area contributed by atoms with Gasteiger partial charge in [-0.25, -0.2) is 5.48 Å². The number of hydrogen-bond acceptors (Lipinski definition) is 5. The zero-order valence-electron chi connectivity index (χ0n) is 13.8. The van der Waals surface area contributed by atoms with Crippen molar-refractivity contribution >= 4 is 28.6 Å². The fraction of sp³-hybridized carbons (Fsp3) is 0.294. The number of pyridine rings is 1. The van der Waals surface area contributed by atoms with Crippen molar-refractivity contribution in [3.63, 3.8) is 0 Å². The summed E-state index contributed by atoms with van der Waals surface area (Å²) >= 11 is 0. The lowest BCUT2D eigenvalue weighted by Crippen LogP contribution is -2.40. The number of nitrogens with zero attached hydrogens (tertiary/aromatic N) is 1. The van der Waals surface area contributed by atoms with Gasteiger partial charge in [0.2, 0.25) is 17.7 Å². The lowest BCUT2D eigenvalue weighted by Gasteiger charge is -2.16. The molecule has 0 saturated heterocycles. The molecule has 8 heteroatoms. The van der Waals surface area contributed by atoms with E-state index in [1.54, 1.807) is 6.20 Å². The standard InChI is InChI=1S/C17H20N4O4/c1-18-16(23)10-20-17(24)13(8-15(22)21-25)7-11-6-12-4-2-3-5-14(12)19-9-11/h2-6,9,13,25H,7-8,10H2,1H3,(H,18,23)(H,20,24)(H,21,22). The fourth-order valence-corrected chi connectivity index (χ4v) is 2.44. The molecule has 0 bridgehead atoms. The number of aromatic nitrogens is 1. The van der Waals surface area contributed by atoms with Crippen LogP contribution in [0.3, 0.4) is 0 Å². The number of fused-ring (bicyclic) bond motifs is 1. The number of para-hydroxylation sites is 1. The third-order valence-electron chi connectivity index (χ3n) is 3.76. The summed E-state index contributed by atoms with van der Waals surface area (Å²) in [4.78, 5) is 39.4. The maximum atomic E-state index is 12.3. The van der Waals surface area contributed by atoms with Crippen LogP contribution in [0.25, 0.3) is 10.9 Å². The van der Waals surface area contributed by atoms with Crippen LogP contribution >= 0.6 is 0 Å². The minimum absolute atomic E-state index is 0.178. The molecule has 1 atom stereocenters. The number of benzene rings is 1. The van der Waals surface area contributed by atoms with Crippen LogP contribution in [-0.2, 0) is 20.8 Å². The summed E-state index contributed by atoms with van der Waals surface area (Å²) in [5.41, 5.74) is 3.14. The SMILES string of the molecule is CNC(=O)CNC(=O)C(CC(=O)NO)Cc1cnc2ccccc2c1. The zero-order valence-corrected chi connectivity index (χ0v) is 13.8. The van der Waals surface area contributed by atoms with Gasteiger partial charge in [-0.15, -0.1) is 0 Å². The van der Waals surface area contributed by atoms with Gasteiger partial charge >= 0.3 is 0 Å². The second-order valence-corrected chi connectivity index (χ2v) is 5.57. The average molecular weight is 344 g/mol. The third kappa shape index (κ3) is 5.25. The van der Waals surface area contributed by atoms with Gasteiger partial charge in [-0.1, -0.05) is 18.2 Å². The first-order valence-electron chi connectivity index (χ1n) is 7.78. The Labute approximate surface area is 144 Å². The van der Waals surface area contributed by atoms with Gasteiger partial charge in [-0.3, -0.25) is 24.6 Å². The van der Waals surface area contributed by atoms with E-state index in [2.05, 4.69) is 15.6 Å². The number of hydroxylamine groups is 1. The van der Waals surface area contributed by atoms with Crippen LogP contribution in [0, 0.1) is 5.92 Å². The molecule has 8 nitrogen and oxygen atoms in total. The molecule has 3 amide bonds. The fourth-order valence-electron chi connectivity index (χ4n) is 2.44. The van der Waals surface area contributed by atoms with Crippen LogP contribution in [0.4, 0.5) is 0 Å². The molecule has 1 aromatic heterocycles. The second kappa shape index (κ2) is 8.74. The van der Waals surface area contributed by atoms with Gasteiger partial charge in [0.15, 0.2) is 0 Å². The summed E-state index contributed by atoms with van der Waals surface area (Å²) in [6, 6.07) is 9.47. The normalized spacial score (nSPS) is 11.6. The Hall–Kier alpha value is -3.00. The first-order valence-corrected chi connectivity index (χ1v) is 7.78. The molecule has 25 heavy (non-hydrogen) atoms. The molecule has 1 heterocycles. The van der Waals surface area contributed by atoms with Crippen molar-refractivity contribution in [1.29, 1.82) is 0 Å². The molecule has 1 aromatic carbocycles. The maximum absolute atomic E-state index is 12.3. The number of nitrogens with one attached hydrogen (secondary N) is 3. The molecule has 0 aliphatic rings. The largest absolute Gasteiger partial charge is 0.358 e. The molecule has 0 spiro atoms. The summed E-state index contributed by atoms with van der Waals surface area (Å²) < 4.78 is 0. The van der Waals surface area contributed by atoms with Gasteiger partial charge in [0.25, 0.3) is 0 Å². The van der Waals surface area contributed by atoms with Crippen LogP contribution < -0.4 is 16.1 Å². The molecule has 0 fully saturated rings. The summed E-state index contributed by atoms with van der Waals surface area (Å²) in [6.45, 7) is -0.178. The van der Waals surface area contributed by atoms with E-state index < -0.39 is 17.7 Å². The predicted octanol–water partition coefficient (Wildman–Crippen LogP) is 0.151. The van der Waals surface area contributed by atoms with E-state index in [1.807, 2.05) is 30.3 Å². The van der Waals surface area contributed by atoms with Crippen molar-refractivity contribution in [3.8, 4) is 0 Å². The average Bonchev–Trinajstić information content (AvgIpc) is 2.64. The van der Waals surface area contributed by atoms with E-state index in [9.17, 15) is 14.4 Å². The molecular formula is C17H20N4O4. The van der Waals surface area contributed by atoms with Crippen LogP contribution in [-0.4, -0.2) is 41.5 Å². The number of carbonyl (C=O) groups excluding carboxylic acids is 3. The van der Waals surface area contributed by atoms with E-state index in [0.29, 0.717) is 0 Å². The minimum atomic E-state index is -0.736. The lowest BCUT2D eigenvalue weighted by molar-refractivity contribution is -0.135. The molecule has 132 valence electrons. The molecule has 0 aliphatic heterocycles. The molecule has 0 saturated carbocycles. The number of carbonyl (C=O) groups is 3. The molecule has 1 unspecified atom stereocenters. The van der Waals surface area contributed by atoms with Gasteiger partial charge in [0.1, 0.15) is 0 Å². The van der Waals surface area contributed by atoms with Crippen molar-refractivity contribution in [2.75, 3.05) is 13.6 Å². The zero-order chi connectivity index (χ0) is 18.2. The van der Waals surface area contributed by atoms with Crippen LogP contribution in [0.5, 0.6) is 0 Å². The van der Waals surface area contributed by atoms with Gasteiger partial charge in [0, 0.05) is 25.1 Å². The third-order valence-corrected chi connectivity index (χ3v) is 3.76. The quantitative estimate of drug-likeness (QED) is 0.421. The van der Waals surface area contributed by atoms with E-state index in [4.69, 9.17) is 5.21 Å². The Bertz CT molecular complexity index is 778. The number of rotatable bonds is 7. The Morgan fingerprint density at radius 2 is 1.96 bits per heavy atom. The highest BCUT2D eigenvalue weighted by Gasteiger charge is 2.23. The topological polar surface area (TPSA) is 120 Å². The van der Waals surface area contributed by atoms with E-state index in [-0.39, 0.29) is 25.3 Å². The van der Waals surface area contributed by atoms with E-state index in [1.165, 1.54) is 12.5 Å². The molecule has 0 aliphatic carbocycles. The van der Waals surface area contributed by atoms with Crippen molar-refractivity contribution in [2.24, 2.45) is 5.92 Å². The Kier molecular flexibility index (Phi) is 6.41. The maximum Gasteiger partial charge on any atom is 0.244 e. The Morgan fingerprint density at radius 3 is 2.68 bits per heavy atom. The summed E-state index contributed by atoms with van der Waals surface area (Å²) in [7, 11) is 1.46. The number of amides is 3. The number of likely N-dealkylation sites (N-methyl/N-ethyl adjacent to an activating group) is 1. The van der Waals surface area contributed by atoms with Crippen LogP contribution in [0.1, 0.15) is 12.0 Å². The van der Waals surface area contributed by atoms with Crippen molar-refractivity contribution in [1.82, 2.24) is 21.1 Å². The first-order chi connectivity index (χ1) is 12.0. The monoisotopic (exact) mass is 344 g/mol. The van der Waals surface area contributed by atoms with Gasteiger partial charge < -0.3 is 10.6 Å². The van der Waals surface area contributed by atoms with Crippen molar-refractivity contribution in [3.05, 3.63) is 42.1 Å². The summed E-state index contributed by atoms with van der Waals surface area (Å²) in [5.74, 6) is -2.19. The highest BCUT2D eigenvalue weighted by Crippen LogP contribution is 2.17. The first kappa shape index (κ1) is 18.3. The summed E-state index contributed by atoms with van der Waals surface area (Å²) in [6.07, 6.45) is 1.70. The molecular weight excluding hydrogens is 324 g/mol. The minimum Gasteiger partial charge on any atom is -0.358 e. The molecule has 4 N–H and O–H groups in total. The van der Waals surface area contributed by atoms with Crippen molar-refractivity contribution < 1.29 is 19.6 Å². The highest BCUT2D eigenvalue weighted by atomic mass is 16.5. The molecule has 2 rings (SSSR count). The Balaban J connectivity index is 2.14. The van der Waals surface area contributed by atoms with Crippen LogP contribution in [0.15, 0.2) is 36.5 Å². The van der Waals surface area contributed by atoms with E-state index >= 15 is 0 Å². The second-order valence-electron chi connectivity index (χ2n) is 5.57. The van der Waals surface area contributed by atoms with Gasteiger partial charge in [0.05, 0.1) is 18.0 Å². The molecule has 0 radical (unpaired) electrons. The Morgan fingerprint density at radius 1 is 1.20 bits per heavy atom. The molecule has 2 aromatic rings. The van der Waals surface area contributed by atoms with Gasteiger partial charge in [-0.2, -0.15) is 0 Å². The van der Waals surface area contributed by atoms with Gasteiger partial charge in [-0.05, 0) is 24.1 Å². The van der Waals surface area contributed by atoms with E-state index in [0.717, 1.165) is 16.5 Å². The van der Waals surface area contributed by atoms with Crippen LogP contribution in [0.2, 0.25) is 0 Å². The smallest absolute Gasteiger partial charge is 0.244 e. The summed E-state index contributed by atoms with van der Waals surface area (Å²) in [5, 5.41) is 14.5. The predicted molar refractivity (Wildman–Crippen MR) is 90.6 cm³/mol.